The van der Waals surface area contributed by atoms with Crippen molar-refractivity contribution >= 4 is 5.91 Å². The van der Waals surface area contributed by atoms with Crippen molar-refractivity contribution in [3.8, 4) is 11.5 Å². The van der Waals surface area contributed by atoms with Crippen molar-refractivity contribution in [1.82, 2.24) is 5.32 Å². The fraction of sp³-hybridized carbons (Fsp3) is 0.562. The topological polar surface area (TPSA) is 47.6 Å². The van der Waals surface area contributed by atoms with E-state index in [9.17, 15) is 4.79 Å². The second-order valence-corrected chi connectivity index (χ2v) is 4.90. The fourth-order valence-electron chi connectivity index (χ4n) is 2.27. The van der Waals surface area contributed by atoms with Crippen LogP contribution >= 0.6 is 0 Å². The number of benzene rings is 1. The van der Waals surface area contributed by atoms with E-state index in [0.717, 1.165) is 29.9 Å². The standard InChI is InChI=1S/C16H25NO3/c1-5-7-12(2)17-16(18)11-10-13-14(19-3)8-6-9-15(13)20-4/h6,8-9,12H,5,7,10-11H2,1-4H3,(H,17,18). The zero-order chi connectivity index (χ0) is 15.0. The Morgan fingerprint density at radius 2 is 1.85 bits per heavy atom. The Hall–Kier alpha value is -1.71. The molecular formula is C16H25NO3. The molecule has 1 atom stereocenters. The molecule has 0 aliphatic rings. The van der Waals surface area contributed by atoms with Crippen molar-refractivity contribution in [3.63, 3.8) is 0 Å². The lowest BCUT2D eigenvalue weighted by atomic mass is 10.1. The van der Waals surface area contributed by atoms with Crippen LogP contribution in [0.25, 0.3) is 0 Å². The monoisotopic (exact) mass is 279 g/mol. The van der Waals surface area contributed by atoms with Gasteiger partial charge in [-0.25, -0.2) is 0 Å². The van der Waals surface area contributed by atoms with Crippen LogP contribution in [-0.2, 0) is 11.2 Å². The molecule has 0 fully saturated rings. The van der Waals surface area contributed by atoms with E-state index < -0.39 is 0 Å². The van der Waals surface area contributed by atoms with Gasteiger partial charge in [-0.15, -0.1) is 0 Å². The van der Waals surface area contributed by atoms with Crippen molar-refractivity contribution in [2.75, 3.05) is 14.2 Å². The lowest BCUT2D eigenvalue weighted by Gasteiger charge is -2.15. The molecule has 1 amide bonds. The predicted molar refractivity (Wildman–Crippen MR) is 80.4 cm³/mol. The first-order valence-corrected chi connectivity index (χ1v) is 7.11. The summed E-state index contributed by atoms with van der Waals surface area (Å²) in [5, 5.41) is 3.01. The lowest BCUT2D eigenvalue weighted by Crippen LogP contribution is -2.32. The number of carbonyl (C=O) groups excluding carboxylic acids is 1. The van der Waals surface area contributed by atoms with Gasteiger partial charge in [-0.1, -0.05) is 19.4 Å². The normalized spacial score (nSPS) is 11.8. The highest BCUT2D eigenvalue weighted by atomic mass is 16.5. The number of nitrogens with one attached hydrogen (secondary N) is 1. The van der Waals surface area contributed by atoms with Crippen LogP contribution in [0.2, 0.25) is 0 Å². The van der Waals surface area contributed by atoms with Crippen molar-refractivity contribution in [2.45, 2.75) is 45.6 Å². The molecule has 4 heteroatoms. The number of carbonyl (C=O) groups is 1. The van der Waals surface area contributed by atoms with E-state index >= 15 is 0 Å². The molecule has 4 nitrogen and oxygen atoms in total. The summed E-state index contributed by atoms with van der Waals surface area (Å²) in [6.07, 6.45) is 3.12. The summed E-state index contributed by atoms with van der Waals surface area (Å²) in [4.78, 5) is 11.9. The van der Waals surface area contributed by atoms with Crippen molar-refractivity contribution < 1.29 is 14.3 Å². The molecule has 0 bridgehead atoms. The highest BCUT2D eigenvalue weighted by Gasteiger charge is 2.12. The third kappa shape index (κ3) is 4.76. The Kier molecular flexibility index (Phi) is 6.91. The van der Waals surface area contributed by atoms with Crippen LogP contribution in [0.5, 0.6) is 11.5 Å². The summed E-state index contributed by atoms with van der Waals surface area (Å²) < 4.78 is 10.7. The van der Waals surface area contributed by atoms with Crippen LogP contribution in [0.4, 0.5) is 0 Å². The minimum atomic E-state index is 0.0684. The SMILES string of the molecule is CCCC(C)NC(=O)CCc1c(OC)cccc1OC. The molecule has 112 valence electrons. The number of hydrogen-bond donors (Lipinski definition) is 1. The molecule has 0 radical (unpaired) electrons. The Morgan fingerprint density at radius 3 is 2.35 bits per heavy atom. The van der Waals surface area contributed by atoms with E-state index in [1.165, 1.54) is 0 Å². The second-order valence-electron chi connectivity index (χ2n) is 4.90. The molecule has 20 heavy (non-hydrogen) atoms. The van der Waals surface area contributed by atoms with Crippen LogP contribution in [-0.4, -0.2) is 26.2 Å². The summed E-state index contributed by atoms with van der Waals surface area (Å²) >= 11 is 0. The largest absolute Gasteiger partial charge is 0.496 e. The maximum atomic E-state index is 11.9. The molecule has 0 spiro atoms. The predicted octanol–water partition coefficient (Wildman–Crippen LogP) is 2.94. The summed E-state index contributed by atoms with van der Waals surface area (Å²) in [5.41, 5.74) is 0.941. The first kappa shape index (κ1) is 16.3. The molecule has 0 heterocycles. The zero-order valence-electron chi connectivity index (χ0n) is 12.9. The van der Waals surface area contributed by atoms with E-state index in [4.69, 9.17) is 9.47 Å². The molecule has 0 aromatic heterocycles. The van der Waals surface area contributed by atoms with E-state index in [0.29, 0.717) is 12.8 Å². The average molecular weight is 279 g/mol. The first-order chi connectivity index (χ1) is 9.62. The van der Waals surface area contributed by atoms with Gasteiger partial charge in [-0.3, -0.25) is 4.79 Å². The third-order valence-corrected chi connectivity index (χ3v) is 3.26. The van der Waals surface area contributed by atoms with Gasteiger partial charge >= 0.3 is 0 Å². The third-order valence-electron chi connectivity index (χ3n) is 3.26. The number of rotatable bonds is 8. The van der Waals surface area contributed by atoms with E-state index in [1.54, 1.807) is 14.2 Å². The molecule has 0 saturated carbocycles. The Labute approximate surface area is 121 Å². The van der Waals surface area contributed by atoms with Gasteiger partial charge in [0.2, 0.25) is 5.91 Å². The number of amides is 1. The van der Waals surface area contributed by atoms with Gasteiger partial charge < -0.3 is 14.8 Å². The average Bonchev–Trinajstić information content (AvgIpc) is 2.44. The van der Waals surface area contributed by atoms with Crippen molar-refractivity contribution in [3.05, 3.63) is 23.8 Å². The number of ether oxygens (including phenoxy) is 2. The quantitative estimate of drug-likeness (QED) is 0.796. The van der Waals surface area contributed by atoms with Gasteiger partial charge in [-0.05, 0) is 31.9 Å². The maximum absolute atomic E-state index is 11.9. The van der Waals surface area contributed by atoms with Crippen LogP contribution in [0.15, 0.2) is 18.2 Å². The van der Waals surface area contributed by atoms with Gasteiger partial charge in [0.1, 0.15) is 11.5 Å². The Morgan fingerprint density at radius 1 is 1.25 bits per heavy atom. The van der Waals surface area contributed by atoms with Gasteiger partial charge in [0.25, 0.3) is 0 Å². The molecule has 0 aliphatic carbocycles. The van der Waals surface area contributed by atoms with E-state index in [1.807, 2.05) is 25.1 Å². The molecular weight excluding hydrogens is 254 g/mol. The van der Waals surface area contributed by atoms with E-state index in [-0.39, 0.29) is 11.9 Å². The van der Waals surface area contributed by atoms with Gasteiger partial charge in [-0.2, -0.15) is 0 Å². The second kappa shape index (κ2) is 8.46. The van der Waals surface area contributed by atoms with Crippen LogP contribution in [0.1, 0.15) is 38.7 Å². The maximum Gasteiger partial charge on any atom is 0.220 e. The highest BCUT2D eigenvalue weighted by Crippen LogP contribution is 2.29. The van der Waals surface area contributed by atoms with Crippen molar-refractivity contribution in [1.29, 1.82) is 0 Å². The van der Waals surface area contributed by atoms with Crippen LogP contribution < -0.4 is 14.8 Å². The van der Waals surface area contributed by atoms with E-state index in [2.05, 4.69) is 12.2 Å². The smallest absolute Gasteiger partial charge is 0.220 e. The summed E-state index contributed by atoms with van der Waals surface area (Å²) in [7, 11) is 3.25. The first-order valence-electron chi connectivity index (χ1n) is 7.11. The van der Waals surface area contributed by atoms with Gasteiger partial charge in [0, 0.05) is 18.0 Å². The number of hydrogen-bond acceptors (Lipinski definition) is 3. The minimum Gasteiger partial charge on any atom is -0.496 e. The molecule has 0 aliphatic heterocycles. The highest BCUT2D eigenvalue weighted by molar-refractivity contribution is 5.76. The fourth-order valence-corrected chi connectivity index (χ4v) is 2.27. The molecule has 0 saturated heterocycles. The van der Waals surface area contributed by atoms with Gasteiger partial charge in [0.05, 0.1) is 14.2 Å². The molecule has 1 unspecified atom stereocenters. The summed E-state index contributed by atoms with van der Waals surface area (Å²) in [5.74, 6) is 1.59. The van der Waals surface area contributed by atoms with Crippen LogP contribution in [0, 0.1) is 0 Å². The minimum absolute atomic E-state index is 0.0684. The molecule has 1 aromatic carbocycles. The van der Waals surface area contributed by atoms with Crippen LogP contribution in [0.3, 0.4) is 0 Å². The summed E-state index contributed by atoms with van der Waals surface area (Å²) in [6.45, 7) is 4.15. The molecule has 1 N–H and O–H groups in total. The molecule has 1 aromatic rings. The van der Waals surface area contributed by atoms with Gasteiger partial charge in [0.15, 0.2) is 0 Å². The molecule has 1 rings (SSSR count). The Balaban J connectivity index is 2.63. The summed E-state index contributed by atoms with van der Waals surface area (Å²) in [6, 6.07) is 5.88. The Bertz CT molecular complexity index is 409. The lowest BCUT2D eigenvalue weighted by molar-refractivity contribution is -0.121. The zero-order valence-corrected chi connectivity index (χ0v) is 12.9. The number of methoxy groups -OCH3 is 2. The van der Waals surface area contributed by atoms with Crippen molar-refractivity contribution in [2.24, 2.45) is 0 Å².